The zero-order valence-electron chi connectivity index (χ0n) is 70.2. The van der Waals surface area contributed by atoms with Gasteiger partial charge in [0.2, 0.25) is 11.8 Å². The van der Waals surface area contributed by atoms with Gasteiger partial charge in [0, 0.05) is 63.4 Å². The Morgan fingerprint density at radius 2 is 0.714 bits per heavy atom. The zero-order chi connectivity index (χ0) is 82.6. The van der Waals surface area contributed by atoms with Gasteiger partial charge in [-0.3, -0.25) is 19.4 Å². The number of anilines is 1. The number of nitrogens with one attached hydrogen (secondary N) is 1. The summed E-state index contributed by atoms with van der Waals surface area (Å²) in [5.41, 5.74) is 15.4. The minimum atomic E-state index is -1.11. The summed E-state index contributed by atoms with van der Waals surface area (Å²) in [5, 5.41) is 25.3. The van der Waals surface area contributed by atoms with Gasteiger partial charge >= 0.3 is 122 Å². The average molecular weight is 1780 g/mol. The first-order chi connectivity index (χ1) is 56.2. The summed E-state index contributed by atoms with van der Waals surface area (Å²) in [6.45, 7) is 16.1. The number of methoxy groups -OCH3 is 3. The summed E-state index contributed by atoms with van der Waals surface area (Å²) in [6.07, 6.45) is 4.97. The number of hydrogen-bond donors (Lipinski definition) is 2. The van der Waals surface area contributed by atoms with Crippen LogP contribution < -0.4 is 148 Å². The molecule has 0 spiro atoms. The number of benzene rings is 9. The van der Waals surface area contributed by atoms with Crippen LogP contribution in [0.15, 0.2) is 315 Å². The molecule has 20 nitrogen and oxygen atoms in total. The van der Waals surface area contributed by atoms with E-state index in [1.54, 1.807) is 39.8 Å². The fourth-order valence-electron chi connectivity index (χ4n) is 14.2. The Morgan fingerprint density at radius 1 is 0.445 bits per heavy atom. The molecule has 0 unspecified atom stereocenters. The van der Waals surface area contributed by atoms with Crippen LogP contribution in [0.25, 0.3) is 37.4 Å². The maximum Gasteiger partial charge on any atom is 1.00 e. The Hall–Kier alpha value is -7.33. The monoisotopic (exact) mass is 1780 g/mol. The maximum atomic E-state index is 12.9. The number of alkyl halides is 1. The SMILES string of the molecule is COCCBr.COCCOc1nn(C(c2ccccc2)(c2ccccc2)c2ccccc2)c2cc(Cl)ncc12.COCCOc1nn(C(c2ccccc2)(c2ccccc2)c2ccccc2)c2cc(N)ncc12.C[Si](C)(C)[N-][Si](C)(C)C.O=CO[O-].O=c1[nH]n(C(c2ccccc2)(c2ccccc2)c2ccccc2)c2cc(Cl)ncc12.[H-].[K+].[K+].[Li+]. The Balaban J connectivity index is 0.000000249. The number of aromatic amines is 1. The maximum absolute atomic E-state index is 12.9. The second-order valence-corrected chi connectivity index (χ2v) is 39.5. The van der Waals surface area contributed by atoms with Crippen LogP contribution in [0.5, 0.6) is 11.8 Å². The van der Waals surface area contributed by atoms with E-state index < -0.39 is 33.1 Å². The molecule has 0 radical (unpaired) electrons. The first kappa shape index (κ1) is 98.8. The van der Waals surface area contributed by atoms with Crippen molar-refractivity contribution in [2.45, 2.75) is 55.9 Å². The number of nitrogens with zero attached hydrogens (tertiary/aromatic N) is 9. The summed E-state index contributed by atoms with van der Waals surface area (Å²) in [6, 6.07) is 98.1. The summed E-state index contributed by atoms with van der Waals surface area (Å²) < 4.78 is 37.9. The first-order valence-corrected chi connectivity index (χ1v) is 46.2. The van der Waals surface area contributed by atoms with Gasteiger partial charge in [-0.1, -0.05) is 368 Å². The number of hydrogen-bond acceptors (Lipinski definition) is 15. The Labute approximate surface area is 814 Å². The average Bonchev–Trinajstić information content (AvgIpc) is 1.49. The van der Waals surface area contributed by atoms with Gasteiger partial charge in [0.1, 0.15) is 46.0 Å². The van der Waals surface area contributed by atoms with E-state index in [2.05, 4.69) is 194 Å². The van der Waals surface area contributed by atoms with E-state index in [4.69, 9.17) is 72.8 Å². The van der Waals surface area contributed by atoms with Crippen LogP contribution in [0, 0.1) is 0 Å². The van der Waals surface area contributed by atoms with Crippen LogP contribution in [0.1, 0.15) is 51.5 Å². The Bertz CT molecular complexity index is 5060. The van der Waals surface area contributed by atoms with Crippen molar-refractivity contribution < 1.29 is 162 Å². The molecule has 0 atom stereocenters. The summed E-state index contributed by atoms with van der Waals surface area (Å²) >= 11 is 15.8. The van der Waals surface area contributed by atoms with Crippen molar-refractivity contribution in [1.82, 2.24) is 44.3 Å². The van der Waals surface area contributed by atoms with E-state index in [9.17, 15) is 4.79 Å². The number of aromatic nitrogens is 9. The van der Waals surface area contributed by atoms with Crippen molar-refractivity contribution in [3.05, 3.63) is 385 Å². The van der Waals surface area contributed by atoms with Gasteiger partial charge in [0.05, 0.1) is 52.5 Å². The fraction of sp³-hybridized carbons (Fsp3) is 0.198. The smallest absolute Gasteiger partial charge is 1.00 e. The molecule has 0 saturated carbocycles. The topological polar surface area (TPSA) is 248 Å². The van der Waals surface area contributed by atoms with Crippen LogP contribution in [0.2, 0.25) is 49.6 Å². The molecule has 0 bridgehead atoms. The third-order valence-corrected chi connectivity index (χ3v) is 24.4. The molecule has 0 aliphatic rings. The molecule has 600 valence electrons. The minimum absolute atomic E-state index is 0. The molecule has 9 aromatic carbocycles. The molecule has 0 amide bonds. The molecule has 119 heavy (non-hydrogen) atoms. The number of H-pyrrole nitrogens is 1. The van der Waals surface area contributed by atoms with Crippen molar-refractivity contribution in [1.29, 1.82) is 0 Å². The van der Waals surface area contributed by atoms with E-state index in [-0.39, 0.29) is 135 Å². The van der Waals surface area contributed by atoms with Gasteiger partial charge in [-0.2, -0.15) is 0 Å². The van der Waals surface area contributed by atoms with Gasteiger partial charge in [-0.05, 0) is 50.1 Å². The third kappa shape index (κ3) is 24.6. The molecule has 6 aromatic heterocycles. The molecule has 0 aliphatic heterocycles. The molecule has 0 fully saturated rings. The van der Waals surface area contributed by atoms with Gasteiger partial charge in [-0.15, -0.1) is 10.2 Å². The molecule has 6 heterocycles. The predicted molar refractivity (Wildman–Crippen MR) is 472 cm³/mol. The quantitative estimate of drug-likeness (QED) is 0.00790. The first-order valence-electron chi connectivity index (χ1n) is 37.5. The van der Waals surface area contributed by atoms with E-state index in [1.807, 2.05) is 190 Å². The molecular formula is C91H95BrCl2K2LiN11O9Si2. The number of ether oxygens (including phenoxy) is 5. The second-order valence-electron chi connectivity index (χ2n) is 28.3. The van der Waals surface area contributed by atoms with E-state index >= 15 is 0 Å². The third-order valence-electron chi connectivity index (χ3n) is 18.3. The van der Waals surface area contributed by atoms with Gasteiger partial charge in [-0.25, -0.2) is 24.3 Å². The number of pyridine rings is 3. The van der Waals surface area contributed by atoms with Crippen LogP contribution >= 0.6 is 39.1 Å². The number of halogens is 3. The second kappa shape index (κ2) is 48.5. The van der Waals surface area contributed by atoms with E-state index in [1.165, 1.54) is 6.20 Å². The van der Waals surface area contributed by atoms with Gasteiger partial charge in [0.25, 0.3) is 12.0 Å². The number of rotatable bonds is 25. The molecule has 15 aromatic rings. The Morgan fingerprint density at radius 3 is 0.975 bits per heavy atom. The van der Waals surface area contributed by atoms with Crippen molar-refractivity contribution in [2.75, 3.05) is 65.4 Å². The van der Waals surface area contributed by atoms with Crippen molar-refractivity contribution in [2.24, 2.45) is 0 Å². The van der Waals surface area contributed by atoms with Gasteiger partial charge in [0.15, 0.2) is 0 Å². The van der Waals surface area contributed by atoms with E-state index in [0.717, 1.165) is 83.8 Å². The van der Waals surface area contributed by atoms with Crippen LogP contribution in [-0.4, -0.2) is 127 Å². The number of carbonyl (C=O) groups excluding carboxylic acids is 1. The van der Waals surface area contributed by atoms with Crippen molar-refractivity contribution in [3.63, 3.8) is 0 Å². The fourth-order valence-corrected chi connectivity index (χ4v) is 22.9. The van der Waals surface area contributed by atoms with Crippen LogP contribution in [0.3, 0.4) is 0 Å². The number of nitrogen functional groups attached to an aromatic ring is 1. The largest absolute Gasteiger partial charge is 1.00 e. The molecule has 0 aliphatic carbocycles. The number of fused-ring (bicyclic) bond motifs is 3. The van der Waals surface area contributed by atoms with Gasteiger partial charge < -0.3 is 45.6 Å². The zero-order valence-corrected chi connectivity index (χ0v) is 80.5. The normalized spacial score (nSPS) is 11.1. The van der Waals surface area contributed by atoms with Crippen molar-refractivity contribution in [3.8, 4) is 11.8 Å². The summed E-state index contributed by atoms with van der Waals surface area (Å²) in [7, 11) is 2.76. The number of nitrogens with two attached hydrogens (primary N) is 1. The van der Waals surface area contributed by atoms with Crippen molar-refractivity contribution >= 4 is 101 Å². The number of carbonyl (C=O) groups is 1. The molecule has 0 saturated heterocycles. The summed E-state index contributed by atoms with van der Waals surface area (Å²) in [5.74, 6) is 1.40. The van der Waals surface area contributed by atoms with E-state index in [0.29, 0.717) is 65.2 Å². The molecular weight excluding hydrogens is 1680 g/mol. The standard InChI is InChI=1S/C28H24ClN3O2.C28H26N4O2.C25H18ClN3O.C6H18NSi2.C3H7BrO.CH2O3.2K.Li.H/c2*1-33-17-18-34-27-24-20-30-26(29)19-25(24)32(31-27)28(21-11-5-2-6-12-21,22-13-7-3-8-14-22)23-15-9-4-10-16-23;26-23-16-22-21(17-27-23)24(30)28-29(22)25(18-10-4-1-5-11-18,19-12-6-2-7-13-19)20-14-8-3-9-15-20;1-8(2,3)7-9(4,5)6;1-5-3-2-4;2-1-4-3;;;;/h2-16,19-20H,17-18H2,1H3;2-16,19-20H,17-18H2,1H3,(H2,29,30);1-17H,(H,28,30);1-6H3;2-3H2,1H3;1,3H;;;;/q;;;-1;;;3*+1;-1/p-1. The summed E-state index contributed by atoms with van der Waals surface area (Å²) in [4.78, 5) is 36.9. The molecule has 3 N–H and O–H groups in total. The van der Waals surface area contributed by atoms with Crippen LogP contribution in [-0.2, 0) is 40.5 Å². The Kier molecular flexibility index (Phi) is 40.3. The van der Waals surface area contributed by atoms with Crippen LogP contribution in [0.4, 0.5) is 5.82 Å². The minimum Gasteiger partial charge on any atom is -1.00 e. The predicted octanol–water partition coefficient (Wildman–Crippen LogP) is 9.66. The molecule has 28 heteroatoms. The molecule has 15 rings (SSSR count).